The van der Waals surface area contributed by atoms with Crippen molar-refractivity contribution in [3.8, 4) is 0 Å². The van der Waals surface area contributed by atoms with E-state index >= 15 is 0 Å². The van der Waals surface area contributed by atoms with Crippen LogP contribution in [-0.4, -0.2) is 24.3 Å². The number of nitrogens with two attached hydrogens (primary N) is 2. The van der Waals surface area contributed by atoms with E-state index < -0.39 is 11.7 Å². The number of nitrogens with one attached hydrogen (secondary N) is 1. The minimum absolute atomic E-state index is 0.238. The van der Waals surface area contributed by atoms with Crippen molar-refractivity contribution in [1.29, 1.82) is 0 Å². The molecule has 0 aliphatic heterocycles. The molecule has 0 aromatic rings. The van der Waals surface area contributed by atoms with E-state index in [0.29, 0.717) is 5.76 Å². The number of rotatable bonds is 5. The maximum Gasteiger partial charge on any atom is 0.407 e. The second kappa shape index (κ2) is 8.29. The van der Waals surface area contributed by atoms with E-state index in [1.807, 2.05) is 33.8 Å². The average Bonchev–Trinajstić information content (AvgIpc) is 2.40. The van der Waals surface area contributed by atoms with E-state index in [1.54, 1.807) is 0 Å². The molecule has 130 valence electrons. The van der Waals surface area contributed by atoms with Crippen molar-refractivity contribution in [2.45, 2.75) is 52.2 Å². The van der Waals surface area contributed by atoms with Gasteiger partial charge in [-0.1, -0.05) is 15.9 Å². The molecule has 0 fully saturated rings. The Bertz CT molecular complexity index is 533. The highest BCUT2D eigenvalue weighted by molar-refractivity contribution is 9.11. The summed E-state index contributed by atoms with van der Waals surface area (Å²) in [6.45, 7) is 7.51. The molecule has 0 spiro atoms. The number of amides is 1. The Balaban J connectivity index is 2.57. The van der Waals surface area contributed by atoms with Gasteiger partial charge in [-0.2, -0.15) is 0 Å². The molecule has 7 heteroatoms. The topological polar surface area (TPSA) is 99.6 Å². The SMILES string of the molecule is CC(CO/C(=C/N)C1=C(N)CCC(Br)=C1)NC(=O)OC(C)(C)C. The van der Waals surface area contributed by atoms with Crippen LogP contribution in [0.2, 0.25) is 0 Å². The zero-order valence-electron chi connectivity index (χ0n) is 14.1. The van der Waals surface area contributed by atoms with Gasteiger partial charge >= 0.3 is 6.09 Å². The second-order valence-electron chi connectivity index (χ2n) is 6.42. The van der Waals surface area contributed by atoms with Crippen molar-refractivity contribution in [2.24, 2.45) is 11.5 Å². The van der Waals surface area contributed by atoms with Crippen LogP contribution >= 0.6 is 15.9 Å². The molecule has 23 heavy (non-hydrogen) atoms. The lowest BCUT2D eigenvalue weighted by atomic mass is 10.0. The van der Waals surface area contributed by atoms with Crippen LogP contribution in [0.3, 0.4) is 0 Å². The summed E-state index contributed by atoms with van der Waals surface area (Å²) in [6.07, 6.45) is 4.42. The number of carbonyl (C=O) groups is 1. The van der Waals surface area contributed by atoms with Crippen LogP contribution in [0, 0.1) is 0 Å². The molecule has 0 saturated heterocycles. The molecule has 1 rings (SSSR count). The highest BCUT2D eigenvalue weighted by atomic mass is 79.9. The molecule has 1 unspecified atom stereocenters. The van der Waals surface area contributed by atoms with E-state index in [9.17, 15) is 4.79 Å². The Morgan fingerprint density at radius 1 is 1.48 bits per heavy atom. The summed E-state index contributed by atoms with van der Waals surface area (Å²) in [7, 11) is 0. The van der Waals surface area contributed by atoms with Crippen molar-refractivity contribution < 1.29 is 14.3 Å². The maximum absolute atomic E-state index is 11.7. The van der Waals surface area contributed by atoms with Crippen molar-refractivity contribution in [3.63, 3.8) is 0 Å². The Morgan fingerprint density at radius 3 is 2.70 bits per heavy atom. The lowest BCUT2D eigenvalue weighted by Crippen LogP contribution is -2.39. The maximum atomic E-state index is 11.7. The number of hydrogen-bond acceptors (Lipinski definition) is 5. The summed E-state index contributed by atoms with van der Waals surface area (Å²) in [5.74, 6) is 0.497. The second-order valence-corrected chi connectivity index (χ2v) is 7.44. The standard InChI is InChI=1S/C16H26BrN3O3/c1-10(20-15(21)23-16(2,3)4)9-22-14(8-18)12-7-11(17)5-6-13(12)19/h7-8,10H,5-6,9,18-19H2,1-4H3,(H,20,21)/b14-8+. The molecule has 0 aromatic heterocycles. The van der Waals surface area contributed by atoms with Crippen molar-refractivity contribution in [3.05, 3.63) is 33.8 Å². The van der Waals surface area contributed by atoms with Gasteiger partial charge in [-0.15, -0.1) is 0 Å². The Hall–Kier alpha value is -1.63. The molecule has 6 nitrogen and oxygen atoms in total. The molecular formula is C16H26BrN3O3. The third kappa shape index (κ3) is 6.99. The van der Waals surface area contributed by atoms with Gasteiger partial charge in [0.15, 0.2) is 0 Å². The fourth-order valence-electron chi connectivity index (χ4n) is 1.92. The average molecular weight is 388 g/mol. The number of halogens is 1. The third-order valence-corrected chi connectivity index (χ3v) is 3.57. The van der Waals surface area contributed by atoms with Crippen LogP contribution in [0.25, 0.3) is 0 Å². The van der Waals surface area contributed by atoms with Crippen molar-refractivity contribution >= 4 is 22.0 Å². The molecule has 1 amide bonds. The van der Waals surface area contributed by atoms with Crippen LogP contribution in [0.4, 0.5) is 4.79 Å². The predicted octanol–water partition coefficient (Wildman–Crippen LogP) is 3.00. The molecule has 0 aromatic carbocycles. The number of alkyl carbamates (subject to hydrolysis) is 1. The third-order valence-electron chi connectivity index (χ3n) is 2.95. The molecule has 5 N–H and O–H groups in total. The number of hydrogen-bond donors (Lipinski definition) is 3. The first-order valence-electron chi connectivity index (χ1n) is 7.51. The molecule has 1 aliphatic rings. The molecular weight excluding hydrogens is 362 g/mol. The van der Waals surface area contributed by atoms with Gasteiger partial charge in [-0.05, 0) is 51.1 Å². The normalized spacial score (nSPS) is 17.4. The van der Waals surface area contributed by atoms with E-state index in [2.05, 4.69) is 21.2 Å². The number of ether oxygens (including phenoxy) is 2. The number of allylic oxidation sites excluding steroid dienone is 3. The Morgan fingerprint density at radius 2 is 2.13 bits per heavy atom. The van der Waals surface area contributed by atoms with Crippen molar-refractivity contribution in [2.75, 3.05) is 6.61 Å². The van der Waals surface area contributed by atoms with Crippen LogP contribution in [-0.2, 0) is 9.47 Å². The van der Waals surface area contributed by atoms with E-state index in [-0.39, 0.29) is 12.6 Å². The summed E-state index contributed by atoms with van der Waals surface area (Å²) in [6, 6.07) is -0.238. The quantitative estimate of drug-likeness (QED) is 0.629. The fraction of sp³-hybridized carbons (Fsp3) is 0.562. The van der Waals surface area contributed by atoms with Crippen LogP contribution < -0.4 is 16.8 Å². The molecule has 0 bridgehead atoms. The summed E-state index contributed by atoms with van der Waals surface area (Å²) >= 11 is 3.47. The zero-order chi connectivity index (χ0) is 17.6. The lowest BCUT2D eigenvalue weighted by molar-refractivity contribution is 0.0482. The monoisotopic (exact) mass is 387 g/mol. The van der Waals surface area contributed by atoms with E-state index in [4.69, 9.17) is 20.9 Å². The van der Waals surface area contributed by atoms with Gasteiger partial charge in [-0.3, -0.25) is 0 Å². The highest BCUT2D eigenvalue weighted by Gasteiger charge is 2.19. The minimum atomic E-state index is -0.536. The van der Waals surface area contributed by atoms with Gasteiger partial charge in [0.2, 0.25) is 0 Å². The van der Waals surface area contributed by atoms with Gasteiger partial charge in [0, 0.05) is 17.5 Å². The van der Waals surface area contributed by atoms with Crippen LogP contribution in [0.1, 0.15) is 40.5 Å². The van der Waals surface area contributed by atoms with E-state index in [1.165, 1.54) is 6.20 Å². The zero-order valence-corrected chi connectivity index (χ0v) is 15.7. The summed E-state index contributed by atoms with van der Waals surface area (Å²) < 4.78 is 11.9. The van der Waals surface area contributed by atoms with Gasteiger partial charge in [-0.25, -0.2) is 4.79 Å². The summed E-state index contributed by atoms with van der Waals surface area (Å²) in [5, 5.41) is 2.71. The minimum Gasteiger partial charge on any atom is -0.489 e. The smallest absolute Gasteiger partial charge is 0.407 e. The van der Waals surface area contributed by atoms with Crippen molar-refractivity contribution in [1.82, 2.24) is 5.32 Å². The first-order chi connectivity index (χ1) is 10.6. The first-order valence-corrected chi connectivity index (χ1v) is 8.31. The molecule has 0 radical (unpaired) electrons. The first kappa shape index (κ1) is 19.4. The summed E-state index contributed by atoms with van der Waals surface area (Å²) in [5.41, 5.74) is 12.6. The Labute approximate surface area is 146 Å². The fourth-order valence-corrected chi connectivity index (χ4v) is 2.35. The van der Waals surface area contributed by atoms with Crippen LogP contribution in [0.5, 0.6) is 0 Å². The predicted molar refractivity (Wildman–Crippen MR) is 94.5 cm³/mol. The van der Waals surface area contributed by atoms with Gasteiger partial charge in [0.25, 0.3) is 0 Å². The largest absolute Gasteiger partial charge is 0.489 e. The molecule has 0 saturated carbocycles. The molecule has 1 aliphatic carbocycles. The van der Waals surface area contributed by atoms with Gasteiger partial charge < -0.3 is 26.3 Å². The van der Waals surface area contributed by atoms with Crippen LogP contribution in [0.15, 0.2) is 33.8 Å². The van der Waals surface area contributed by atoms with Gasteiger partial charge in [0.05, 0.1) is 6.04 Å². The number of carbonyl (C=O) groups excluding carboxylic acids is 1. The molecule has 0 heterocycles. The lowest BCUT2D eigenvalue weighted by Gasteiger charge is -2.23. The Kier molecular flexibility index (Phi) is 7.00. The van der Waals surface area contributed by atoms with E-state index in [0.717, 1.165) is 28.6 Å². The van der Waals surface area contributed by atoms with Gasteiger partial charge in [0.1, 0.15) is 18.0 Å². The summed E-state index contributed by atoms with van der Waals surface area (Å²) in [4.78, 5) is 11.7. The highest BCUT2D eigenvalue weighted by Crippen LogP contribution is 2.29. The molecule has 1 atom stereocenters.